The lowest BCUT2D eigenvalue weighted by molar-refractivity contribution is 0.179. The highest BCUT2D eigenvalue weighted by molar-refractivity contribution is 5.77. The molecule has 104 valence electrons. The molecule has 0 spiro atoms. The van der Waals surface area contributed by atoms with Gasteiger partial charge < -0.3 is 15.3 Å². The minimum atomic E-state index is -0.0982. The summed E-state index contributed by atoms with van der Waals surface area (Å²) in [6.45, 7) is 7.51. The number of rotatable bonds is 3. The molecule has 1 aliphatic rings. The highest BCUT2D eigenvalue weighted by Crippen LogP contribution is 2.27. The predicted molar refractivity (Wildman–Crippen MR) is 75.1 cm³/mol. The zero-order valence-electron chi connectivity index (χ0n) is 11.8. The number of nitrogens with one attached hydrogen (secondary N) is 1. The monoisotopic (exact) mass is 262 g/mol. The fraction of sp³-hybridized carbons (Fsp3) is 0.533. The largest absolute Gasteiger partial charge is 0.395 e. The van der Waals surface area contributed by atoms with Crippen molar-refractivity contribution in [1.82, 2.24) is 10.2 Å². The maximum Gasteiger partial charge on any atom is 0.318 e. The number of urea groups is 1. The molecule has 1 saturated heterocycles. The summed E-state index contributed by atoms with van der Waals surface area (Å²) in [6, 6.07) is 8.32. The Morgan fingerprint density at radius 2 is 1.95 bits per heavy atom. The lowest BCUT2D eigenvalue weighted by Crippen LogP contribution is -2.32. The van der Waals surface area contributed by atoms with Gasteiger partial charge in [0.1, 0.15) is 0 Å². The van der Waals surface area contributed by atoms with Crippen molar-refractivity contribution in [2.24, 2.45) is 0 Å². The van der Waals surface area contributed by atoms with E-state index < -0.39 is 0 Å². The van der Waals surface area contributed by atoms with Crippen molar-refractivity contribution in [2.75, 3.05) is 19.7 Å². The number of hydrogen-bond donors (Lipinski definition) is 2. The van der Waals surface area contributed by atoms with Crippen LogP contribution in [-0.4, -0.2) is 35.7 Å². The van der Waals surface area contributed by atoms with Crippen molar-refractivity contribution in [1.29, 1.82) is 0 Å². The van der Waals surface area contributed by atoms with E-state index in [1.807, 2.05) is 0 Å². The van der Waals surface area contributed by atoms with Gasteiger partial charge in [0.15, 0.2) is 0 Å². The average molecular weight is 262 g/mol. The molecule has 0 aromatic heterocycles. The molecule has 1 atom stereocenters. The van der Waals surface area contributed by atoms with Crippen LogP contribution in [-0.2, 0) is 5.41 Å². The average Bonchev–Trinajstić information content (AvgIpc) is 2.71. The molecule has 1 aromatic rings. The van der Waals surface area contributed by atoms with E-state index in [-0.39, 0.29) is 24.1 Å². The van der Waals surface area contributed by atoms with Crippen LogP contribution in [0.3, 0.4) is 0 Å². The van der Waals surface area contributed by atoms with E-state index in [4.69, 9.17) is 5.11 Å². The zero-order valence-corrected chi connectivity index (χ0v) is 11.8. The van der Waals surface area contributed by atoms with Crippen LogP contribution in [0.25, 0.3) is 0 Å². The molecule has 0 saturated carbocycles. The smallest absolute Gasteiger partial charge is 0.318 e. The van der Waals surface area contributed by atoms with Crippen LogP contribution in [0.4, 0.5) is 4.79 Å². The van der Waals surface area contributed by atoms with Gasteiger partial charge in [-0.3, -0.25) is 0 Å². The van der Waals surface area contributed by atoms with Gasteiger partial charge in [-0.2, -0.15) is 0 Å². The van der Waals surface area contributed by atoms with Crippen LogP contribution < -0.4 is 5.32 Å². The lowest BCUT2D eigenvalue weighted by atomic mass is 9.86. The molecule has 1 heterocycles. The number of nitrogens with zero attached hydrogens (tertiary/aromatic N) is 1. The van der Waals surface area contributed by atoms with Crippen LogP contribution in [0.2, 0.25) is 0 Å². The molecule has 1 fully saturated rings. The summed E-state index contributed by atoms with van der Waals surface area (Å²) in [6.07, 6.45) is 0. The summed E-state index contributed by atoms with van der Waals surface area (Å²) in [5, 5.41) is 11.9. The molecule has 0 radical (unpaired) electrons. The SMILES string of the molecule is CC(C)(C)c1ccc(C2CNC(=O)N2CCO)cc1. The van der Waals surface area contributed by atoms with Gasteiger partial charge in [-0.15, -0.1) is 0 Å². The summed E-state index contributed by atoms with van der Waals surface area (Å²) in [5.74, 6) is 0. The number of aliphatic hydroxyl groups is 1. The quantitative estimate of drug-likeness (QED) is 0.876. The third-order valence-corrected chi connectivity index (χ3v) is 3.59. The fourth-order valence-electron chi connectivity index (χ4n) is 2.41. The molecule has 0 aliphatic carbocycles. The second kappa shape index (κ2) is 5.21. The molecule has 4 nitrogen and oxygen atoms in total. The normalized spacial score (nSPS) is 19.7. The molecule has 19 heavy (non-hydrogen) atoms. The molecule has 1 aromatic carbocycles. The Hall–Kier alpha value is -1.55. The summed E-state index contributed by atoms with van der Waals surface area (Å²) in [4.78, 5) is 13.4. The van der Waals surface area contributed by atoms with Crippen molar-refractivity contribution in [2.45, 2.75) is 32.2 Å². The van der Waals surface area contributed by atoms with Gasteiger partial charge in [0.05, 0.1) is 12.6 Å². The number of amides is 2. The van der Waals surface area contributed by atoms with Gasteiger partial charge in [0.25, 0.3) is 0 Å². The molecule has 0 bridgehead atoms. The summed E-state index contributed by atoms with van der Waals surface area (Å²) in [7, 11) is 0. The number of benzene rings is 1. The summed E-state index contributed by atoms with van der Waals surface area (Å²) in [5.41, 5.74) is 2.52. The van der Waals surface area contributed by atoms with Crippen LogP contribution in [0.5, 0.6) is 0 Å². The number of β-amino-alcohol motifs (C(OH)–C–C–N with tert-alkyl or cyclic N) is 1. The van der Waals surface area contributed by atoms with E-state index in [2.05, 4.69) is 50.4 Å². The zero-order chi connectivity index (χ0) is 14.0. The van der Waals surface area contributed by atoms with Crippen molar-refractivity contribution >= 4 is 6.03 Å². The Balaban J connectivity index is 2.20. The third kappa shape index (κ3) is 2.89. The van der Waals surface area contributed by atoms with Crippen molar-refractivity contribution < 1.29 is 9.90 Å². The lowest BCUT2D eigenvalue weighted by Gasteiger charge is -2.24. The molecule has 2 amide bonds. The van der Waals surface area contributed by atoms with Gasteiger partial charge in [-0.1, -0.05) is 45.0 Å². The standard InChI is InChI=1S/C15H22N2O2/c1-15(2,3)12-6-4-11(5-7-12)13-10-16-14(19)17(13)8-9-18/h4-7,13,18H,8-10H2,1-3H3,(H,16,19). The Morgan fingerprint density at radius 1 is 1.32 bits per heavy atom. The molecule has 2 rings (SSSR count). The Labute approximate surface area is 114 Å². The fourth-order valence-corrected chi connectivity index (χ4v) is 2.41. The molecular formula is C15H22N2O2. The highest BCUT2D eigenvalue weighted by Gasteiger charge is 2.31. The van der Waals surface area contributed by atoms with Gasteiger partial charge in [-0.05, 0) is 16.5 Å². The molecule has 2 N–H and O–H groups in total. The summed E-state index contributed by atoms with van der Waals surface area (Å²) < 4.78 is 0. The van der Waals surface area contributed by atoms with Crippen molar-refractivity contribution in [3.63, 3.8) is 0 Å². The Morgan fingerprint density at radius 3 is 2.47 bits per heavy atom. The van der Waals surface area contributed by atoms with E-state index in [1.165, 1.54) is 5.56 Å². The minimum Gasteiger partial charge on any atom is -0.395 e. The van der Waals surface area contributed by atoms with E-state index >= 15 is 0 Å². The maximum absolute atomic E-state index is 11.7. The Bertz CT molecular complexity index is 448. The minimum absolute atomic E-state index is 0.00993. The first-order chi connectivity index (χ1) is 8.93. The van der Waals surface area contributed by atoms with Crippen LogP contribution in [0.15, 0.2) is 24.3 Å². The first-order valence-corrected chi connectivity index (χ1v) is 6.69. The van der Waals surface area contributed by atoms with Crippen molar-refractivity contribution in [3.05, 3.63) is 35.4 Å². The van der Waals surface area contributed by atoms with E-state index in [0.717, 1.165) is 5.56 Å². The number of carbonyl (C=O) groups excluding carboxylic acids is 1. The molecule has 4 heteroatoms. The van der Waals surface area contributed by atoms with E-state index in [9.17, 15) is 4.79 Å². The first-order valence-electron chi connectivity index (χ1n) is 6.69. The van der Waals surface area contributed by atoms with Gasteiger partial charge in [0, 0.05) is 13.1 Å². The van der Waals surface area contributed by atoms with Crippen LogP contribution in [0, 0.1) is 0 Å². The van der Waals surface area contributed by atoms with Crippen LogP contribution >= 0.6 is 0 Å². The Kier molecular flexibility index (Phi) is 3.80. The predicted octanol–water partition coefficient (Wildman–Crippen LogP) is 2.04. The highest BCUT2D eigenvalue weighted by atomic mass is 16.3. The molecule has 1 unspecified atom stereocenters. The number of hydrogen-bond acceptors (Lipinski definition) is 2. The third-order valence-electron chi connectivity index (χ3n) is 3.59. The number of carbonyl (C=O) groups is 1. The molecule has 1 aliphatic heterocycles. The second-order valence-corrected chi connectivity index (χ2v) is 5.99. The van der Waals surface area contributed by atoms with Gasteiger partial charge in [0.2, 0.25) is 0 Å². The van der Waals surface area contributed by atoms with Crippen LogP contribution in [0.1, 0.15) is 37.9 Å². The van der Waals surface area contributed by atoms with E-state index in [1.54, 1.807) is 4.90 Å². The summed E-state index contributed by atoms with van der Waals surface area (Å²) >= 11 is 0. The topological polar surface area (TPSA) is 52.6 Å². The maximum atomic E-state index is 11.7. The van der Waals surface area contributed by atoms with Crippen molar-refractivity contribution in [3.8, 4) is 0 Å². The van der Waals surface area contributed by atoms with Gasteiger partial charge in [-0.25, -0.2) is 4.79 Å². The van der Waals surface area contributed by atoms with E-state index in [0.29, 0.717) is 13.1 Å². The first kappa shape index (κ1) is 13.9. The van der Waals surface area contributed by atoms with Gasteiger partial charge >= 0.3 is 6.03 Å². The number of aliphatic hydroxyl groups excluding tert-OH is 1. The second-order valence-electron chi connectivity index (χ2n) is 5.99. The molecular weight excluding hydrogens is 240 g/mol.